The summed E-state index contributed by atoms with van der Waals surface area (Å²) in [5.74, 6) is 0.490. The van der Waals surface area contributed by atoms with Gasteiger partial charge in [-0.3, -0.25) is 9.59 Å². The van der Waals surface area contributed by atoms with Crippen LogP contribution in [0.3, 0.4) is 0 Å². The molecule has 0 radical (unpaired) electrons. The molecule has 27 heavy (non-hydrogen) atoms. The van der Waals surface area contributed by atoms with E-state index in [2.05, 4.69) is 17.2 Å². The van der Waals surface area contributed by atoms with E-state index in [1.165, 1.54) is 11.8 Å². The number of hydrogen-bond donors (Lipinski definition) is 1. The molecule has 0 fully saturated rings. The molecule has 0 unspecified atom stereocenters. The SMILES string of the molecule is CC(=O)N1C=Cc2ccccc2[C@H]1CC(=O)Nc1nc2c(s1)C[C@H](C)CC2. The standard InChI is InChI=1S/C21H23N3O2S/c1-13-7-8-17-19(11-13)27-21(22-17)23-20(26)12-18-16-6-4-3-5-15(16)9-10-24(18)14(2)25/h3-6,9-10,13,18H,7-8,11-12H2,1-2H3,(H,22,23,26)/t13-,18-/m1/s1. The summed E-state index contributed by atoms with van der Waals surface area (Å²) in [5, 5.41) is 3.63. The molecular formula is C21H23N3O2S. The second kappa shape index (κ2) is 7.27. The zero-order valence-electron chi connectivity index (χ0n) is 15.6. The highest BCUT2D eigenvalue weighted by Crippen LogP contribution is 2.35. The third kappa shape index (κ3) is 3.67. The van der Waals surface area contributed by atoms with Crippen molar-refractivity contribution in [3.05, 3.63) is 52.2 Å². The molecule has 2 aliphatic rings. The van der Waals surface area contributed by atoms with Gasteiger partial charge in [-0.2, -0.15) is 0 Å². The van der Waals surface area contributed by atoms with Gasteiger partial charge in [0.25, 0.3) is 0 Å². The van der Waals surface area contributed by atoms with Gasteiger partial charge in [0, 0.05) is 18.0 Å². The second-order valence-corrected chi connectivity index (χ2v) is 8.46. The molecule has 2 atom stereocenters. The maximum Gasteiger partial charge on any atom is 0.228 e. The lowest BCUT2D eigenvalue weighted by Gasteiger charge is -2.32. The average Bonchev–Trinajstić information content (AvgIpc) is 3.02. The van der Waals surface area contributed by atoms with E-state index in [1.807, 2.05) is 30.3 Å². The Morgan fingerprint density at radius 2 is 2.15 bits per heavy atom. The van der Waals surface area contributed by atoms with Gasteiger partial charge < -0.3 is 10.2 Å². The highest BCUT2D eigenvalue weighted by Gasteiger charge is 2.29. The molecule has 1 aliphatic carbocycles. The molecular weight excluding hydrogens is 358 g/mol. The van der Waals surface area contributed by atoms with Crippen LogP contribution in [0.25, 0.3) is 6.08 Å². The minimum absolute atomic E-state index is 0.0720. The number of aromatic nitrogens is 1. The Morgan fingerprint density at radius 1 is 1.33 bits per heavy atom. The van der Waals surface area contributed by atoms with Gasteiger partial charge in [-0.1, -0.05) is 31.2 Å². The van der Waals surface area contributed by atoms with Gasteiger partial charge in [0.2, 0.25) is 11.8 Å². The van der Waals surface area contributed by atoms with Crippen molar-refractivity contribution in [1.82, 2.24) is 9.88 Å². The first-order valence-electron chi connectivity index (χ1n) is 9.35. The quantitative estimate of drug-likeness (QED) is 0.868. The predicted octanol–water partition coefficient (Wildman–Crippen LogP) is 4.17. The van der Waals surface area contributed by atoms with Crippen LogP contribution in [0, 0.1) is 5.92 Å². The normalized spacial score (nSPS) is 20.7. The van der Waals surface area contributed by atoms with Gasteiger partial charge in [0.1, 0.15) is 0 Å². The predicted molar refractivity (Wildman–Crippen MR) is 107 cm³/mol. The molecule has 1 N–H and O–H groups in total. The van der Waals surface area contributed by atoms with Gasteiger partial charge in [0.05, 0.1) is 18.2 Å². The van der Waals surface area contributed by atoms with Gasteiger partial charge in [0.15, 0.2) is 5.13 Å². The number of nitrogens with one attached hydrogen (secondary N) is 1. The maximum absolute atomic E-state index is 12.7. The van der Waals surface area contributed by atoms with Gasteiger partial charge in [-0.25, -0.2) is 4.98 Å². The summed E-state index contributed by atoms with van der Waals surface area (Å²) in [6.07, 6.45) is 7.08. The summed E-state index contributed by atoms with van der Waals surface area (Å²) < 4.78 is 0. The van der Waals surface area contributed by atoms with E-state index in [9.17, 15) is 9.59 Å². The Balaban J connectivity index is 1.51. The first kappa shape index (κ1) is 17.9. The zero-order chi connectivity index (χ0) is 19.0. The monoisotopic (exact) mass is 381 g/mol. The van der Waals surface area contributed by atoms with E-state index in [-0.39, 0.29) is 24.3 Å². The fourth-order valence-electron chi connectivity index (χ4n) is 3.85. The van der Waals surface area contributed by atoms with Crippen LogP contribution >= 0.6 is 11.3 Å². The van der Waals surface area contributed by atoms with Crippen LogP contribution in [0.15, 0.2) is 30.5 Å². The Bertz CT molecular complexity index is 918. The largest absolute Gasteiger partial charge is 0.311 e. The number of carbonyl (C=O) groups is 2. The van der Waals surface area contributed by atoms with E-state index in [4.69, 9.17) is 0 Å². The molecule has 1 aliphatic heterocycles. The van der Waals surface area contributed by atoms with E-state index in [0.717, 1.165) is 36.1 Å². The molecule has 1 aromatic heterocycles. The summed E-state index contributed by atoms with van der Waals surface area (Å²) in [4.78, 5) is 32.3. The second-order valence-electron chi connectivity index (χ2n) is 7.38. The van der Waals surface area contributed by atoms with Crippen molar-refractivity contribution in [2.75, 3.05) is 5.32 Å². The van der Waals surface area contributed by atoms with Crippen LogP contribution < -0.4 is 5.32 Å². The number of thiazole rings is 1. The highest BCUT2D eigenvalue weighted by atomic mass is 32.1. The van der Waals surface area contributed by atoms with Crippen molar-refractivity contribution >= 4 is 34.4 Å². The molecule has 4 rings (SSSR count). The number of fused-ring (bicyclic) bond motifs is 2. The molecule has 140 valence electrons. The molecule has 2 amide bonds. The Labute approximate surface area is 163 Å². The van der Waals surface area contributed by atoms with Crippen LogP contribution in [0.2, 0.25) is 0 Å². The lowest BCUT2D eigenvalue weighted by Crippen LogP contribution is -2.33. The number of amides is 2. The summed E-state index contributed by atoms with van der Waals surface area (Å²) in [7, 11) is 0. The van der Waals surface area contributed by atoms with E-state index < -0.39 is 0 Å². The van der Waals surface area contributed by atoms with Gasteiger partial charge >= 0.3 is 0 Å². The number of carbonyl (C=O) groups excluding carboxylic acids is 2. The molecule has 0 saturated carbocycles. The third-order valence-electron chi connectivity index (χ3n) is 5.28. The third-order valence-corrected chi connectivity index (χ3v) is 6.32. The molecule has 0 saturated heterocycles. The van der Waals surface area contributed by atoms with Crippen molar-refractivity contribution < 1.29 is 9.59 Å². The fourth-order valence-corrected chi connectivity index (χ4v) is 5.04. The Morgan fingerprint density at radius 3 is 2.96 bits per heavy atom. The van der Waals surface area contributed by atoms with Crippen molar-refractivity contribution in [2.24, 2.45) is 5.92 Å². The smallest absolute Gasteiger partial charge is 0.228 e. The first-order valence-corrected chi connectivity index (χ1v) is 10.2. The Hall–Kier alpha value is -2.47. The van der Waals surface area contributed by atoms with Crippen LogP contribution in [0.1, 0.15) is 54.4 Å². The van der Waals surface area contributed by atoms with E-state index in [0.29, 0.717) is 11.0 Å². The number of anilines is 1. The minimum Gasteiger partial charge on any atom is -0.311 e. The van der Waals surface area contributed by atoms with Crippen LogP contribution in [0.5, 0.6) is 0 Å². The average molecular weight is 382 g/mol. The first-order chi connectivity index (χ1) is 13.0. The van der Waals surface area contributed by atoms with Crippen LogP contribution in [-0.4, -0.2) is 21.7 Å². The number of rotatable bonds is 3. The van der Waals surface area contributed by atoms with Crippen molar-refractivity contribution in [3.63, 3.8) is 0 Å². The molecule has 2 heterocycles. The molecule has 6 heteroatoms. The summed E-state index contributed by atoms with van der Waals surface area (Å²) in [6.45, 7) is 3.78. The molecule has 0 spiro atoms. The summed E-state index contributed by atoms with van der Waals surface area (Å²) in [6, 6.07) is 7.60. The minimum atomic E-state index is -0.293. The topological polar surface area (TPSA) is 62.3 Å². The van der Waals surface area contributed by atoms with Gasteiger partial charge in [-0.05, 0) is 42.4 Å². The summed E-state index contributed by atoms with van der Waals surface area (Å²) >= 11 is 1.58. The molecule has 1 aromatic carbocycles. The maximum atomic E-state index is 12.7. The summed E-state index contributed by atoms with van der Waals surface area (Å²) in [5.41, 5.74) is 3.17. The number of nitrogens with zero attached hydrogens (tertiary/aromatic N) is 2. The Kier molecular flexibility index (Phi) is 4.83. The lowest BCUT2D eigenvalue weighted by molar-refractivity contribution is -0.129. The number of hydrogen-bond acceptors (Lipinski definition) is 4. The van der Waals surface area contributed by atoms with Crippen molar-refractivity contribution in [1.29, 1.82) is 0 Å². The van der Waals surface area contributed by atoms with Crippen LogP contribution in [-0.2, 0) is 22.4 Å². The lowest BCUT2D eigenvalue weighted by atomic mass is 9.93. The fraction of sp³-hybridized carbons (Fsp3) is 0.381. The van der Waals surface area contributed by atoms with Crippen molar-refractivity contribution in [3.8, 4) is 0 Å². The number of aryl methyl sites for hydroxylation is 1. The molecule has 0 bridgehead atoms. The molecule has 5 nitrogen and oxygen atoms in total. The highest BCUT2D eigenvalue weighted by molar-refractivity contribution is 7.15. The van der Waals surface area contributed by atoms with E-state index in [1.54, 1.807) is 22.4 Å². The number of benzene rings is 1. The van der Waals surface area contributed by atoms with Gasteiger partial charge in [-0.15, -0.1) is 11.3 Å². The van der Waals surface area contributed by atoms with Crippen LogP contribution in [0.4, 0.5) is 5.13 Å². The van der Waals surface area contributed by atoms with E-state index >= 15 is 0 Å². The molecule has 2 aromatic rings. The zero-order valence-corrected chi connectivity index (χ0v) is 16.4. The van der Waals surface area contributed by atoms with Crippen molar-refractivity contribution in [2.45, 2.75) is 45.6 Å².